The van der Waals surface area contributed by atoms with E-state index in [1.54, 1.807) is 41.1 Å². The van der Waals surface area contributed by atoms with Crippen molar-refractivity contribution < 1.29 is 9.13 Å². The summed E-state index contributed by atoms with van der Waals surface area (Å²) in [6, 6.07) is 8.12. The zero-order valence-corrected chi connectivity index (χ0v) is 18.2. The molecule has 0 saturated carbocycles. The Labute approximate surface area is 188 Å². The Hall–Kier alpha value is -3.14. The van der Waals surface area contributed by atoms with Gasteiger partial charge in [0.15, 0.2) is 11.4 Å². The summed E-state index contributed by atoms with van der Waals surface area (Å²) in [5.41, 5.74) is 3.20. The van der Waals surface area contributed by atoms with Crippen LogP contribution in [0.25, 0.3) is 32.9 Å². The smallest absolute Gasteiger partial charge is 0.241 e. The van der Waals surface area contributed by atoms with Crippen LogP contribution < -0.4 is 4.74 Å². The van der Waals surface area contributed by atoms with Crippen LogP contribution in [0.1, 0.15) is 13.8 Å². The fourth-order valence-electron chi connectivity index (χ4n) is 3.25. The normalized spacial score (nSPS) is 11.1. The van der Waals surface area contributed by atoms with Crippen LogP contribution in [0, 0.1) is 18.4 Å². The molecule has 3 aromatic heterocycles. The van der Waals surface area contributed by atoms with E-state index in [-0.39, 0.29) is 5.92 Å². The van der Waals surface area contributed by atoms with Gasteiger partial charge >= 0.3 is 0 Å². The summed E-state index contributed by atoms with van der Waals surface area (Å²) in [6.07, 6.45) is 4.78. The first kappa shape index (κ1) is 21.1. The summed E-state index contributed by atoms with van der Waals surface area (Å²) < 4.78 is 21.6. The molecule has 31 heavy (non-hydrogen) atoms. The molecule has 0 saturated heterocycles. The van der Waals surface area contributed by atoms with Crippen molar-refractivity contribution in [1.29, 1.82) is 0 Å². The molecule has 4 rings (SSSR count). The molecule has 0 unspecified atom stereocenters. The minimum atomic E-state index is -0.595. The number of fused-ring (bicyclic) bond motifs is 1. The van der Waals surface area contributed by atoms with Crippen molar-refractivity contribution in [3.8, 4) is 28.1 Å². The largest absolute Gasteiger partial charge is 0.501 e. The predicted octanol–water partition coefficient (Wildman–Crippen LogP) is 7.09. The van der Waals surface area contributed by atoms with Crippen LogP contribution in [-0.2, 0) is 0 Å². The van der Waals surface area contributed by atoms with Crippen LogP contribution in [0.4, 0.5) is 10.1 Å². The molecule has 156 valence electrons. The van der Waals surface area contributed by atoms with Crippen LogP contribution in [0.5, 0.6) is 5.75 Å². The summed E-state index contributed by atoms with van der Waals surface area (Å²) in [5, 5.41) is 0.897. The lowest BCUT2D eigenvalue weighted by atomic mass is 10.0. The molecule has 0 amide bonds. The predicted molar refractivity (Wildman–Crippen MR) is 120 cm³/mol. The number of aromatic nitrogens is 3. The zero-order valence-electron chi connectivity index (χ0n) is 16.7. The molecular weight excluding hydrogens is 438 g/mol. The first-order valence-corrected chi connectivity index (χ1v) is 10.3. The molecule has 0 radical (unpaired) electrons. The molecule has 4 aromatic rings. The lowest BCUT2D eigenvalue weighted by Crippen LogP contribution is -2.06. The Morgan fingerprint density at radius 3 is 2.65 bits per heavy atom. The van der Waals surface area contributed by atoms with Crippen LogP contribution in [0.3, 0.4) is 0 Å². The van der Waals surface area contributed by atoms with Gasteiger partial charge in [-0.3, -0.25) is 4.40 Å². The number of pyridine rings is 2. The Bertz CT molecular complexity index is 1330. The number of halogens is 3. The fraction of sp³-hybridized carbons (Fsp3) is 0.174. The molecule has 0 atom stereocenters. The minimum Gasteiger partial charge on any atom is -0.501 e. The quantitative estimate of drug-likeness (QED) is 0.238. The highest BCUT2D eigenvalue weighted by Crippen LogP contribution is 2.44. The molecule has 0 N–H and O–H groups in total. The van der Waals surface area contributed by atoms with Gasteiger partial charge < -0.3 is 4.74 Å². The first-order valence-electron chi connectivity index (χ1n) is 9.50. The van der Waals surface area contributed by atoms with Crippen molar-refractivity contribution in [3.63, 3.8) is 0 Å². The van der Waals surface area contributed by atoms with Gasteiger partial charge in [-0.05, 0) is 29.7 Å². The van der Waals surface area contributed by atoms with E-state index in [0.717, 1.165) is 0 Å². The van der Waals surface area contributed by atoms with E-state index in [1.165, 1.54) is 12.3 Å². The number of rotatable bonds is 5. The van der Waals surface area contributed by atoms with Gasteiger partial charge in [0.25, 0.3) is 0 Å². The molecule has 8 heteroatoms. The summed E-state index contributed by atoms with van der Waals surface area (Å²) >= 11 is 12.5. The van der Waals surface area contributed by atoms with Gasteiger partial charge in [0.2, 0.25) is 11.6 Å². The van der Waals surface area contributed by atoms with Crippen LogP contribution in [0.15, 0.2) is 48.9 Å². The number of hydrogen-bond acceptors (Lipinski definition) is 3. The molecule has 3 heterocycles. The van der Waals surface area contributed by atoms with Crippen molar-refractivity contribution >= 4 is 34.5 Å². The standard InChI is InChI=1S/C23H17Cl2FN4O/c1-13(2)12-31-22-21(27-3)17(16-5-4-15(24)9-18(16)25)11-30-19(10-29-23(22)30)14-6-7-28-20(26)8-14/h4-11,13H,12H2,1-2H3. The average Bonchev–Trinajstić information content (AvgIpc) is 3.15. The Balaban J connectivity index is 2.04. The van der Waals surface area contributed by atoms with E-state index in [9.17, 15) is 4.39 Å². The van der Waals surface area contributed by atoms with Gasteiger partial charge in [0.05, 0.1) is 25.1 Å². The summed E-state index contributed by atoms with van der Waals surface area (Å²) in [5.74, 6) is 0.000564. The second kappa shape index (κ2) is 8.54. The van der Waals surface area contributed by atoms with Crippen molar-refractivity contribution in [2.75, 3.05) is 6.61 Å². The maximum Gasteiger partial charge on any atom is 0.241 e. The van der Waals surface area contributed by atoms with Gasteiger partial charge in [0.1, 0.15) is 0 Å². The maximum absolute atomic E-state index is 13.8. The van der Waals surface area contributed by atoms with Crippen molar-refractivity contribution in [2.45, 2.75) is 13.8 Å². The average molecular weight is 455 g/mol. The van der Waals surface area contributed by atoms with Crippen molar-refractivity contribution in [1.82, 2.24) is 14.4 Å². The molecule has 0 spiro atoms. The van der Waals surface area contributed by atoms with Crippen molar-refractivity contribution in [2.24, 2.45) is 5.92 Å². The van der Waals surface area contributed by atoms with Crippen molar-refractivity contribution in [3.05, 3.63) is 76.3 Å². The topological polar surface area (TPSA) is 43.8 Å². The second-order valence-corrected chi connectivity index (χ2v) is 8.21. The minimum absolute atomic E-state index is 0.241. The third-order valence-corrected chi connectivity index (χ3v) is 5.19. The number of hydrogen-bond donors (Lipinski definition) is 0. The highest BCUT2D eigenvalue weighted by atomic mass is 35.5. The highest BCUT2D eigenvalue weighted by molar-refractivity contribution is 6.36. The molecule has 5 nitrogen and oxygen atoms in total. The number of ether oxygens (including phenoxy) is 1. The monoisotopic (exact) mass is 454 g/mol. The van der Waals surface area contributed by atoms with E-state index in [0.29, 0.717) is 56.1 Å². The summed E-state index contributed by atoms with van der Waals surface area (Å²) in [4.78, 5) is 11.8. The first-order chi connectivity index (χ1) is 14.9. The molecular formula is C23H17Cl2FN4O. The fourth-order valence-corrected chi connectivity index (χ4v) is 3.76. The van der Waals surface area contributed by atoms with E-state index in [2.05, 4.69) is 14.8 Å². The third-order valence-electron chi connectivity index (χ3n) is 4.64. The highest BCUT2D eigenvalue weighted by Gasteiger charge is 2.22. The summed E-state index contributed by atoms with van der Waals surface area (Å²) in [7, 11) is 0. The SMILES string of the molecule is [C-]#[N+]c1c(-c2ccc(Cl)cc2Cl)cn2c(-c3ccnc(F)c3)cnc2c1OCC(C)C. The number of imidazole rings is 1. The number of nitrogens with zero attached hydrogens (tertiary/aromatic N) is 4. The Morgan fingerprint density at radius 1 is 1.16 bits per heavy atom. The number of benzene rings is 1. The van der Waals surface area contributed by atoms with E-state index in [4.69, 9.17) is 34.5 Å². The van der Waals surface area contributed by atoms with E-state index >= 15 is 0 Å². The Morgan fingerprint density at radius 2 is 1.97 bits per heavy atom. The lowest BCUT2D eigenvalue weighted by molar-refractivity contribution is 0.274. The zero-order chi connectivity index (χ0) is 22.1. The molecule has 1 aromatic carbocycles. The maximum atomic E-state index is 13.8. The molecule has 0 aliphatic heterocycles. The van der Waals surface area contributed by atoms with E-state index in [1.807, 2.05) is 13.8 Å². The van der Waals surface area contributed by atoms with Gasteiger partial charge in [0, 0.05) is 39.6 Å². The van der Waals surface area contributed by atoms with Crippen LogP contribution >= 0.6 is 23.2 Å². The Kier molecular flexibility index (Phi) is 5.81. The molecule has 0 aliphatic carbocycles. The third kappa shape index (κ3) is 4.07. The van der Waals surface area contributed by atoms with E-state index < -0.39 is 5.95 Å². The van der Waals surface area contributed by atoms with Gasteiger partial charge in [-0.1, -0.05) is 43.1 Å². The van der Waals surface area contributed by atoms with Gasteiger partial charge in [-0.15, -0.1) is 0 Å². The van der Waals surface area contributed by atoms with Crippen LogP contribution in [0.2, 0.25) is 10.0 Å². The second-order valence-electron chi connectivity index (χ2n) is 7.37. The molecule has 0 aliphatic rings. The molecule has 0 fully saturated rings. The molecule has 0 bridgehead atoms. The van der Waals surface area contributed by atoms with Crippen LogP contribution in [-0.4, -0.2) is 21.0 Å². The summed E-state index contributed by atoms with van der Waals surface area (Å²) in [6.45, 7) is 12.3. The lowest BCUT2D eigenvalue weighted by Gasteiger charge is -2.16. The van der Waals surface area contributed by atoms with Gasteiger partial charge in [-0.2, -0.15) is 4.39 Å². The van der Waals surface area contributed by atoms with Gasteiger partial charge in [-0.25, -0.2) is 14.8 Å².